The Morgan fingerprint density at radius 3 is 2.53 bits per heavy atom. The third-order valence-electron chi connectivity index (χ3n) is 4.36. The summed E-state index contributed by atoms with van der Waals surface area (Å²) in [5.74, 6) is 1.38. The summed E-state index contributed by atoms with van der Waals surface area (Å²) in [4.78, 5) is 2.48. The van der Waals surface area contributed by atoms with E-state index >= 15 is 0 Å². The van der Waals surface area contributed by atoms with Crippen LogP contribution in [0.2, 0.25) is 0 Å². The molecule has 0 aromatic heterocycles. The van der Waals surface area contributed by atoms with Gasteiger partial charge in [-0.25, -0.2) is 0 Å². The summed E-state index contributed by atoms with van der Waals surface area (Å²) < 4.78 is 0. The van der Waals surface area contributed by atoms with Crippen LogP contribution in [0, 0.1) is 5.92 Å². The standard InChI is InChI=1S/C17H28N2/c1-13(2)12-19(3)17-11-15(9-10-16(17)18)14-7-5-4-6-8-14/h4-8,13,15-17H,9-12,18H2,1-3H3. The highest BCUT2D eigenvalue weighted by Gasteiger charge is 2.31. The van der Waals surface area contributed by atoms with Gasteiger partial charge in [-0.3, -0.25) is 0 Å². The van der Waals surface area contributed by atoms with Gasteiger partial charge in [-0.1, -0.05) is 44.2 Å². The topological polar surface area (TPSA) is 29.3 Å². The number of nitrogens with two attached hydrogens (primary N) is 1. The van der Waals surface area contributed by atoms with Crippen LogP contribution in [0.15, 0.2) is 30.3 Å². The summed E-state index contributed by atoms with van der Waals surface area (Å²) in [6.45, 7) is 5.69. The molecule has 106 valence electrons. The zero-order valence-corrected chi connectivity index (χ0v) is 12.5. The summed E-state index contributed by atoms with van der Waals surface area (Å²) >= 11 is 0. The van der Waals surface area contributed by atoms with Crippen LogP contribution in [0.1, 0.15) is 44.6 Å². The fourth-order valence-electron chi connectivity index (χ4n) is 3.42. The number of nitrogens with zero attached hydrogens (tertiary/aromatic N) is 1. The molecule has 1 fully saturated rings. The first-order valence-corrected chi connectivity index (χ1v) is 7.58. The Bertz CT molecular complexity index is 374. The molecule has 1 saturated carbocycles. The molecule has 19 heavy (non-hydrogen) atoms. The Morgan fingerprint density at radius 1 is 1.21 bits per heavy atom. The molecule has 1 aromatic carbocycles. The van der Waals surface area contributed by atoms with Crippen LogP contribution in [0.5, 0.6) is 0 Å². The molecular formula is C17H28N2. The Hall–Kier alpha value is -0.860. The van der Waals surface area contributed by atoms with Crippen LogP contribution in [0.25, 0.3) is 0 Å². The second-order valence-electron chi connectivity index (χ2n) is 6.49. The lowest BCUT2D eigenvalue weighted by Gasteiger charge is -2.40. The van der Waals surface area contributed by atoms with Gasteiger partial charge in [0.25, 0.3) is 0 Å². The number of rotatable bonds is 4. The minimum atomic E-state index is 0.337. The molecular weight excluding hydrogens is 232 g/mol. The molecule has 1 aromatic rings. The number of hydrogen-bond donors (Lipinski definition) is 1. The Labute approximate surface area is 118 Å². The van der Waals surface area contributed by atoms with Crippen molar-refractivity contribution >= 4 is 0 Å². The van der Waals surface area contributed by atoms with E-state index in [0.717, 1.165) is 13.0 Å². The second-order valence-corrected chi connectivity index (χ2v) is 6.49. The summed E-state index contributed by atoms with van der Waals surface area (Å²) in [5.41, 5.74) is 7.84. The SMILES string of the molecule is CC(C)CN(C)C1CC(c2ccccc2)CCC1N. The van der Waals surface area contributed by atoms with Crippen LogP contribution in [0.4, 0.5) is 0 Å². The molecule has 0 spiro atoms. The predicted octanol–water partition coefficient (Wildman–Crippen LogP) is 3.24. The van der Waals surface area contributed by atoms with Crippen LogP contribution in [-0.2, 0) is 0 Å². The quantitative estimate of drug-likeness (QED) is 0.900. The molecule has 2 rings (SSSR count). The monoisotopic (exact) mass is 260 g/mol. The highest BCUT2D eigenvalue weighted by molar-refractivity contribution is 5.20. The van der Waals surface area contributed by atoms with Gasteiger partial charge in [-0.15, -0.1) is 0 Å². The van der Waals surface area contributed by atoms with E-state index in [-0.39, 0.29) is 0 Å². The van der Waals surface area contributed by atoms with Crippen molar-refractivity contribution in [1.29, 1.82) is 0 Å². The van der Waals surface area contributed by atoms with Gasteiger partial charge in [0, 0.05) is 18.6 Å². The minimum absolute atomic E-state index is 0.337. The molecule has 0 radical (unpaired) electrons. The van der Waals surface area contributed by atoms with Crippen molar-refractivity contribution in [2.75, 3.05) is 13.6 Å². The van der Waals surface area contributed by atoms with E-state index in [2.05, 4.69) is 56.1 Å². The third-order valence-corrected chi connectivity index (χ3v) is 4.36. The highest BCUT2D eigenvalue weighted by Crippen LogP contribution is 2.34. The first-order chi connectivity index (χ1) is 9.08. The molecule has 0 heterocycles. The second kappa shape index (κ2) is 6.53. The number of benzene rings is 1. The van der Waals surface area contributed by atoms with Crippen LogP contribution >= 0.6 is 0 Å². The summed E-state index contributed by atoms with van der Waals surface area (Å²) in [6.07, 6.45) is 3.58. The molecule has 1 aliphatic rings. The van der Waals surface area contributed by atoms with Crippen LogP contribution in [0.3, 0.4) is 0 Å². The third kappa shape index (κ3) is 3.80. The number of hydrogen-bond acceptors (Lipinski definition) is 2. The molecule has 0 amide bonds. The van der Waals surface area contributed by atoms with E-state index in [1.165, 1.54) is 18.4 Å². The zero-order valence-electron chi connectivity index (χ0n) is 12.5. The molecule has 0 bridgehead atoms. The Balaban J connectivity index is 2.03. The van der Waals surface area contributed by atoms with E-state index in [1.807, 2.05) is 0 Å². The van der Waals surface area contributed by atoms with Gasteiger partial charge in [0.15, 0.2) is 0 Å². The lowest BCUT2D eigenvalue weighted by Crippen LogP contribution is -2.50. The van der Waals surface area contributed by atoms with Gasteiger partial charge in [0.1, 0.15) is 0 Å². The molecule has 3 unspecified atom stereocenters. The average molecular weight is 260 g/mol. The Morgan fingerprint density at radius 2 is 1.89 bits per heavy atom. The van der Waals surface area contributed by atoms with Gasteiger partial charge in [0.2, 0.25) is 0 Å². The smallest absolute Gasteiger partial charge is 0.0250 e. The van der Waals surface area contributed by atoms with E-state index in [9.17, 15) is 0 Å². The van der Waals surface area contributed by atoms with E-state index in [1.54, 1.807) is 0 Å². The lowest BCUT2D eigenvalue weighted by molar-refractivity contribution is 0.144. The summed E-state index contributed by atoms with van der Waals surface area (Å²) in [6, 6.07) is 11.8. The van der Waals surface area contributed by atoms with Crippen molar-refractivity contribution in [2.24, 2.45) is 11.7 Å². The maximum atomic E-state index is 6.35. The lowest BCUT2D eigenvalue weighted by atomic mass is 9.78. The van der Waals surface area contributed by atoms with Gasteiger partial charge >= 0.3 is 0 Å². The minimum Gasteiger partial charge on any atom is -0.326 e. The predicted molar refractivity (Wildman–Crippen MR) is 82.3 cm³/mol. The van der Waals surface area contributed by atoms with Gasteiger partial charge < -0.3 is 10.6 Å². The van der Waals surface area contributed by atoms with Crippen molar-refractivity contribution in [3.63, 3.8) is 0 Å². The van der Waals surface area contributed by atoms with Crippen molar-refractivity contribution in [2.45, 2.75) is 51.1 Å². The molecule has 2 nitrogen and oxygen atoms in total. The van der Waals surface area contributed by atoms with E-state index < -0.39 is 0 Å². The normalized spacial score (nSPS) is 28.0. The van der Waals surface area contributed by atoms with Crippen LogP contribution < -0.4 is 5.73 Å². The van der Waals surface area contributed by atoms with Crippen molar-refractivity contribution < 1.29 is 0 Å². The van der Waals surface area contributed by atoms with Crippen molar-refractivity contribution in [1.82, 2.24) is 4.90 Å². The molecule has 2 N–H and O–H groups in total. The highest BCUT2D eigenvalue weighted by atomic mass is 15.1. The largest absolute Gasteiger partial charge is 0.326 e. The maximum Gasteiger partial charge on any atom is 0.0250 e. The first kappa shape index (κ1) is 14.5. The van der Waals surface area contributed by atoms with Crippen molar-refractivity contribution in [3.05, 3.63) is 35.9 Å². The fourth-order valence-corrected chi connectivity index (χ4v) is 3.42. The summed E-state index contributed by atoms with van der Waals surface area (Å²) in [7, 11) is 2.23. The van der Waals surface area contributed by atoms with Crippen LogP contribution in [-0.4, -0.2) is 30.6 Å². The maximum absolute atomic E-state index is 6.35. The zero-order chi connectivity index (χ0) is 13.8. The van der Waals surface area contributed by atoms with Gasteiger partial charge in [-0.2, -0.15) is 0 Å². The van der Waals surface area contributed by atoms with Gasteiger partial charge in [0.05, 0.1) is 0 Å². The van der Waals surface area contributed by atoms with Crippen molar-refractivity contribution in [3.8, 4) is 0 Å². The van der Waals surface area contributed by atoms with E-state index in [4.69, 9.17) is 5.73 Å². The molecule has 2 heteroatoms. The molecule has 1 aliphatic carbocycles. The average Bonchev–Trinajstić information content (AvgIpc) is 2.39. The molecule has 0 aliphatic heterocycles. The summed E-state index contributed by atoms with van der Waals surface area (Å²) in [5, 5.41) is 0. The molecule has 0 saturated heterocycles. The van der Waals surface area contributed by atoms with Gasteiger partial charge in [-0.05, 0) is 43.7 Å². The molecule has 3 atom stereocenters. The fraction of sp³-hybridized carbons (Fsp3) is 0.647. The number of likely N-dealkylation sites (N-methyl/N-ethyl adjacent to an activating group) is 1. The Kier molecular flexibility index (Phi) is 5.00. The van der Waals surface area contributed by atoms with E-state index in [0.29, 0.717) is 23.9 Å². The first-order valence-electron chi connectivity index (χ1n) is 7.58.